The van der Waals surface area contributed by atoms with Gasteiger partial charge in [-0.3, -0.25) is 0 Å². The predicted molar refractivity (Wildman–Crippen MR) is 268 cm³/mol. The van der Waals surface area contributed by atoms with Crippen LogP contribution in [0.5, 0.6) is 0 Å². The minimum absolute atomic E-state index is 0.284. The quantitative estimate of drug-likeness (QED) is 0.102. The van der Waals surface area contributed by atoms with Gasteiger partial charge in [0.2, 0.25) is 0 Å². The molecule has 9 rings (SSSR count). The molecule has 0 aliphatic rings. The van der Waals surface area contributed by atoms with Gasteiger partial charge in [-0.15, -0.1) is 0 Å². The number of unbranched alkanes of at least 4 members (excludes halogenated alkanes) is 1. The summed E-state index contributed by atoms with van der Waals surface area (Å²) in [4.78, 5) is 5.03. The van der Waals surface area contributed by atoms with E-state index >= 15 is 0 Å². The highest BCUT2D eigenvalue weighted by atomic mass is 15.2. The second-order valence-electron chi connectivity index (χ2n) is 16.6. The third kappa shape index (κ3) is 8.52. The van der Waals surface area contributed by atoms with E-state index in [1.165, 1.54) is 84.7 Å². The first-order valence-electron chi connectivity index (χ1n) is 22.6. The zero-order chi connectivity index (χ0) is 42.3. The molecule has 2 nitrogen and oxygen atoms in total. The Morgan fingerprint density at radius 1 is 0.435 bits per heavy atom. The maximum atomic E-state index is 2.62. The number of hydrogen-bond acceptors (Lipinski definition) is 2. The first-order chi connectivity index (χ1) is 30.6. The van der Waals surface area contributed by atoms with Gasteiger partial charge in [0.15, 0.2) is 0 Å². The highest BCUT2D eigenvalue weighted by Crippen LogP contribution is 2.44. The van der Waals surface area contributed by atoms with Crippen LogP contribution in [0.1, 0.15) is 56.2 Å². The molecule has 0 aromatic heterocycles. The number of aryl methyl sites for hydroxylation is 3. The molecule has 0 fully saturated rings. The molecule has 0 N–H and O–H groups in total. The molecule has 62 heavy (non-hydrogen) atoms. The van der Waals surface area contributed by atoms with Crippen LogP contribution in [0.15, 0.2) is 206 Å². The fraction of sp³-hybridized carbons (Fsp3) is 0.167. The second kappa shape index (κ2) is 18.8. The van der Waals surface area contributed by atoms with Gasteiger partial charge in [-0.05, 0) is 166 Å². The number of benzene rings is 9. The van der Waals surface area contributed by atoms with Crippen molar-refractivity contribution in [2.75, 3.05) is 9.80 Å². The van der Waals surface area contributed by atoms with Gasteiger partial charge in [-0.1, -0.05) is 160 Å². The fourth-order valence-corrected chi connectivity index (χ4v) is 9.39. The van der Waals surface area contributed by atoms with Gasteiger partial charge < -0.3 is 9.80 Å². The summed E-state index contributed by atoms with van der Waals surface area (Å²) in [5.41, 5.74) is 15.2. The Labute approximate surface area is 368 Å². The van der Waals surface area contributed by atoms with Crippen molar-refractivity contribution in [1.82, 2.24) is 0 Å². The van der Waals surface area contributed by atoms with Gasteiger partial charge >= 0.3 is 0 Å². The molecule has 306 valence electrons. The number of anilines is 5. The summed E-state index contributed by atoms with van der Waals surface area (Å²) in [5.74, 6) is 0. The summed E-state index contributed by atoms with van der Waals surface area (Å²) in [6, 6.07) is 76.4. The standard InChI is InChI=1S/C60H56N2/c1-4-6-21-48-40-54(35-32-44(48)3)61(52-28-15-9-16-29-52)51(5-2)36-34-50-42-58(46-23-11-7-12-24-46)57-39-38-56(43-59(57)60(50)47-25-13-8-14-26-47)62(53-30-17-10-18-31-53)55-37-33-45-22-19-20-27-49(45)41-55/h7-20,22-33,35,37-43,51H,4-6,21,34,36H2,1-3H3. The van der Waals surface area contributed by atoms with Crippen LogP contribution >= 0.6 is 0 Å². The average Bonchev–Trinajstić information content (AvgIpc) is 3.33. The Morgan fingerprint density at radius 3 is 1.73 bits per heavy atom. The van der Waals surface area contributed by atoms with Crippen LogP contribution in [0.2, 0.25) is 0 Å². The van der Waals surface area contributed by atoms with Crippen molar-refractivity contribution < 1.29 is 0 Å². The van der Waals surface area contributed by atoms with Crippen LogP contribution in [0.3, 0.4) is 0 Å². The highest BCUT2D eigenvalue weighted by Gasteiger charge is 2.24. The largest absolute Gasteiger partial charge is 0.338 e. The van der Waals surface area contributed by atoms with Crippen LogP contribution in [0.25, 0.3) is 43.8 Å². The van der Waals surface area contributed by atoms with Crippen molar-refractivity contribution >= 4 is 50.0 Å². The van der Waals surface area contributed by atoms with Crippen LogP contribution < -0.4 is 9.80 Å². The van der Waals surface area contributed by atoms with Crippen LogP contribution in [0.4, 0.5) is 28.4 Å². The van der Waals surface area contributed by atoms with E-state index in [0.29, 0.717) is 0 Å². The number of nitrogens with zero attached hydrogens (tertiary/aromatic N) is 2. The van der Waals surface area contributed by atoms with Crippen molar-refractivity contribution in [2.24, 2.45) is 0 Å². The van der Waals surface area contributed by atoms with Crippen LogP contribution in [-0.2, 0) is 12.8 Å². The van der Waals surface area contributed by atoms with Crippen molar-refractivity contribution in [3.63, 3.8) is 0 Å². The Bertz CT molecular complexity index is 2890. The molecule has 0 aliphatic heterocycles. The third-order valence-corrected chi connectivity index (χ3v) is 12.6. The molecular formula is C60H56N2. The second-order valence-corrected chi connectivity index (χ2v) is 16.6. The van der Waals surface area contributed by atoms with E-state index in [9.17, 15) is 0 Å². The molecule has 0 saturated carbocycles. The number of rotatable bonds is 15. The lowest BCUT2D eigenvalue weighted by atomic mass is 9.85. The normalized spacial score (nSPS) is 11.8. The number of fused-ring (bicyclic) bond motifs is 2. The fourth-order valence-electron chi connectivity index (χ4n) is 9.39. The molecule has 1 atom stereocenters. The molecule has 0 saturated heterocycles. The summed E-state index contributed by atoms with van der Waals surface area (Å²) in [5, 5.41) is 4.98. The summed E-state index contributed by atoms with van der Waals surface area (Å²) in [6.07, 6.45) is 6.45. The van der Waals surface area contributed by atoms with Crippen molar-refractivity contribution in [2.45, 2.75) is 65.3 Å². The summed E-state index contributed by atoms with van der Waals surface area (Å²) < 4.78 is 0. The molecule has 0 spiro atoms. The van der Waals surface area contributed by atoms with Crippen molar-refractivity contribution in [3.05, 3.63) is 223 Å². The van der Waals surface area contributed by atoms with E-state index < -0.39 is 0 Å². The summed E-state index contributed by atoms with van der Waals surface area (Å²) >= 11 is 0. The maximum absolute atomic E-state index is 2.62. The lowest BCUT2D eigenvalue weighted by molar-refractivity contribution is 0.581. The average molecular weight is 805 g/mol. The minimum atomic E-state index is 0.284. The zero-order valence-corrected chi connectivity index (χ0v) is 36.3. The smallest absolute Gasteiger partial charge is 0.0468 e. The molecule has 0 aliphatic carbocycles. The lowest BCUT2D eigenvalue weighted by Gasteiger charge is -2.34. The molecule has 9 aromatic rings. The summed E-state index contributed by atoms with van der Waals surface area (Å²) in [7, 11) is 0. The van der Waals surface area contributed by atoms with Gasteiger partial charge in [-0.2, -0.15) is 0 Å². The number of hydrogen-bond donors (Lipinski definition) is 0. The van der Waals surface area contributed by atoms with Crippen LogP contribution in [-0.4, -0.2) is 6.04 Å². The molecule has 0 heterocycles. The van der Waals surface area contributed by atoms with E-state index in [1.54, 1.807) is 0 Å². The highest BCUT2D eigenvalue weighted by molar-refractivity contribution is 6.08. The molecule has 0 radical (unpaired) electrons. The molecule has 1 unspecified atom stereocenters. The Hall–Kier alpha value is -6.90. The Morgan fingerprint density at radius 2 is 1.03 bits per heavy atom. The van der Waals surface area contributed by atoms with Crippen LogP contribution in [0, 0.1) is 6.92 Å². The monoisotopic (exact) mass is 804 g/mol. The topological polar surface area (TPSA) is 6.48 Å². The van der Waals surface area contributed by atoms with E-state index in [1.807, 2.05) is 0 Å². The van der Waals surface area contributed by atoms with E-state index in [2.05, 4.69) is 237 Å². The van der Waals surface area contributed by atoms with Crippen molar-refractivity contribution in [3.8, 4) is 22.3 Å². The maximum Gasteiger partial charge on any atom is 0.0468 e. The van der Waals surface area contributed by atoms with Crippen molar-refractivity contribution in [1.29, 1.82) is 0 Å². The predicted octanol–water partition coefficient (Wildman–Crippen LogP) is 17.0. The molecule has 0 amide bonds. The zero-order valence-electron chi connectivity index (χ0n) is 36.3. The third-order valence-electron chi connectivity index (χ3n) is 12.6. The van der Waals surface area contributed by atoms with E-state index in [-0.39, 0.29) is 6.04 Å². The van der Waals surface area contributed by atoms with Gasteiger partial charge in [0.1, 0.15) is 0 Å². The molecule has 0 bridgehead atoms. The van der Waals surface area contributed by atoms with E-state index in [4.69, 9.17) is 0 Å². The lowest BCUT2D eigenvalue weighted by Crippen LogP contribution is -2.31. The first kappa shape index (κ1) is 40.5. The van der Waals surface area contributed by atoms with Gasteiger partial charge in [0, 0.05) is 34.5 Å². The molecule has 9 aromatic carbocycles. The minimum Gasteiger partial charge on any atom is -0.338 e. The Balaban J connectivity index is 1.22. The van der Waals surface area contributed by atoms with E-state index in [0.717, 1.165) is 42.7 Å². The van der Waals surface area contributed by atoms with Gasteiger partial charge in [-0.25, -0.2) is 0 Å². The summed E-state index contributed by atoms with van der Waals surface area (Å²) in [6.45, 7) is 6.91. The molecule has 2 heteroatoms. The number of para-hydroxylation sites is 2. The first-order valence-corrected chi connectivity index (χ1v) is 22.6. The van der Waals surface area contributed by atoms with Gasteiger partial charge in [0.05, 0.1) is 0 Å². The molecular weight excluding hydrogens is 749 g/mol. The SMILES string of the molecule is CCCCc1cc(N(c2ccccc2)C(CC)CCc2cc(-c3ccccc3)c3ccc(N(c4ccccc4)c4ccc5ccccc5c4)cc3c2-c2ccccc2)ccc1C. The Kier molecular flexibility index (Phi) is 12.3. The van der Waals surface area contributed by atoms with Gasteiger partial charge in [0.25, 0.3) is 0 Å².